The molecule has 3 nitrogen and oxygen atoms in total. The van der Waals surface area contributed by atoms with Gasteiger partial charge in [-0.3, -0.25) is 0 Å². The van der Waals surface area contributed by atoms with Crippen LogP contribution in [-0.2, 0) is 0 Å². The van der Waals surface area contributed by atoms with Crippen molar-refractivity contribution in [2.24, 2.45) is 0 Å². The third kappa shape index (κ3) is 3.00. The standard InChI is InChI=1S/C14H10Cl2O3/c1-19-13-3-2-8(7-12(13)16)9-4-10(14(17)18)6-11(15)5-9/h2-7H,1H3,(H,17,18). The van der Waals surface area contributed by atoms with E-state index in [1.54, 1.807) is 30.3 Å². The second kappa shape index (κ2) is 5.51. The van der Waals surface area contributed by atoms with Gasteiger partial charge < -0.3 is 9.84 Å². The highest BCUT2D eigenvalue weighted by atomic mass is 35.5. The fraction of sp³-hybridized carbons (Fsp3) is 0.0714. The average molecular weight is 297 g/mol. The van der Waals surface area contributed by atoms with E-state index in [4.69, 9.17) is 33.0 Å². The molecule has 0 radical (unpaired) electrons. The third-order valence-electron chi connectivity index (χ3n) is 2.63. The van der Waals surface area contributed by atoms with Crippen LogP contribution in [0.5, 0.6) is 5.75 Å². The lowest BCUT2D eigenvalue weighted by Crippen LogP contribution is -1.96. The number of carboxylic acids is 1. The minimum absolute atomic E-state index is 0.134. The maximum atomic E-state index is 11.0. The van der Waals surface area contributed by atoms with E-state index in [9.17, 15) is 4.79 Å². The molecule has 0 amide bonds. The minimum atomic E-state index is -1.02. The van der Waals surface area contributed by atoms with Crippen LogP contribution in [0.4, 0.5) is 0 Å². The monoisotopic (exact) mass is 296 g/mol. The van der Waals surface area contributed by atoms with Crippen molar-refractivity contribution in [3.05, 3.63) is 52.0 Å². The maximum absolute atomic E-state index is 11.0. The number of rotatable bonds is 3. The number of benzene rings is 2. The first kappa shape index (κ1) is 13.7. The van der Waals surface area contributed by atoms with Gasteiger partial charge >= 0.3 is 5.97 Å². The summed E-state index contributed by atoms with van der Waals surface area (Å²) in [7, 11) is 1.53. The van der Waals surface area contributed by atoms with Gasteiger partial charge in [-0.05, 0) is 41.5 Å². The number of methoxy groups -OCH3 is 1. The van der Waals surface area contributed by atoms with E-state index in [-0.39, 0.29) is 5.56 Å². The van der Waals surface area contributed by atoms with E-state index in [1.807, 2.05) is 0 Å². The molecule has 2 aromatic carbocycles. The van der Waals surface area contributed by atoms with Crippen LogP contribution in [0.15, 0.2) is 36.4 Å². The van der Waals surface area contributed by atoms with Crippen LogP contribution in [-0.4, -0.2) is 18.2 Å². The van der Waals surface area contributed by atoms with Gasteiger partial charge in [0.15, 0.2) is 0 Å². The number of halogens is 2. The molecule has 2 rings (SSSR count). The van der Waals surface area contributed by atoms with Gasteiger partial charge in [0.2, 0.25) is 0 Å². The highest BCUT2D eigenvalue weighted by molar-refractivity contribution is 6.32. The lowest BCUT2D eigenvalue weighted by atomic mass is 10.0. The topological polar surface area (TPSA) is 46.5 Å². The van der Waals surface area contributed by atoms with Gasteiger partial charge in [0.05, 0.1) is 17.7 Å². The molecule has 1 N–H and O–H groups in total. The smallest absolute Gasteiger partial charge is 0.335 e. The van der Waals surface area contributed by atoms with Crippen LogP contribution in [0.25, 0.3) is 11.1 Å². The molecule has 0 aliphatic carbocycles. The lowest BCUT2D eigenvalue weighted by molar-refractivity contribution is 0.0697. The molecular formula is C14H10Cl2O3. The zero-order valence-corrected chi connectivity index (χ0v) is 11.5. The first-order chi connectivity index (χ1) is 9.01. The molecule has 0 atom stereocenters. The molecule has 19 heavy (non-hydrogen) atoms. The number of aromatic carboxylic acids is 1. The first-order valence-electron chi connectivity index (χ1n) is 5.39. The summed E-state index contributed by atoms with van der Waals surface area (Å²) in [6.07, 6.45) is 0. The summed E-state index contributed by atoms with van der Waals surface area (Å²) >= 11 is 12.0. The molecule has 2 aromatic rings. The zero-order chi connectivity index (χ0) is 14.0. The number of carboxylic acid groups (broad SMARTS) is 1. The summed E-state index contributed by atoms with van der Waals surface area (Å²) in [4.78, 5) is 11.0. The average Bonchev–Trinajstić information content (AvgIpc) is 2.37. The quantitative estimate of drug-likeness (QED) is 0.915. The van der Waals surface area contributed by atoms with Gasteiger partial charge in [-0.15, -0.1) is 0 Å². The summed E-state index contributed by atoms with van der Waals surface area (Å²) in [6.45, 7) is 0. The molecule has 5 heteroatoms. The van der Waals surface area contributed by atoms with Gasteiger partial charge in [-0.25, -0.2) is 4.79 Å². The van der Waals surface area contributed by atoms with Crippen LogP contribution in [0.2, 0.25) is 10.0 Å². The number of hydrogen-bond acceptors (Lipinski definition) is 2. The van der Waals surface area contributed by atoms with Crippen LogP contribution in [0.3, 0.4) is 0 Å². The largest absolute Gasteiger partial charge is 0.495 e. The second-order valence-electron chi connectivity index (χ2n) is 3.88. The molecule has 0 heterocycles. The highest BCUT2D eigenvalue weighted by Crippen LogP contribution is 2.31. The van der Waals surface area contributed by atoms with E-state index >= 15 is 0 Å². The van der Waals surface area contributed by atoms with Gasteiger partial charge in [0.25, 0.3) is 0 Å². The number of carbonyl (C=O) groups is 1. The number of hydrogen-bond donors (Lipinski definition) is 1. The Labute approximate surface area is 120 Å². The van der Waals surface area contributed by atoms with Crippen molar-refractivity contribution >= 4 is 29.2 Å². The maximum Gasteiger partial charge on any atom is 0.335 e. The zero-order valence-electron chi connectivity index (χ0n) is 9.98. The Morgan fingerprint density at radius 3 is 2.42 bits per heavy atom. The van der Waals surface area contributed by atoms with Gasteiger partial charge in [-0.2, -0.15) is 0 Å². The van der Waals surface area contributed by atoms with E-state index < -0.39 is 5.97 Å². The summed E-state index contributed by atoms with van der Waals surface area (Å²) in [6, 6.07) is 9.86. The van der Waals surface area contributed by atoms with Crippen molar-refractivity contribution in [3.8, 4) is 16.9 Å². The van der Waals surface area contributed by atoms with E-state index in [0.717, 1.165) is 5.56 Å². The van der Waals surface area contributed by atoms with Gasteiger partial charge in [0, 0.05) is 5.02 Å². The Hall–Kier alpha value is -1.71. The van der Waals surface area contributed by atoms with E-state index in [2.05, 4.69) is 0 Å². The SMILES string of the molecule is COc1ccc(-c2cc(Cl)cc(C(=O)O)c2)cc1Cl. The third-order valence-corrected chi connectivity index (χ3v) is 3.14. The molecule has 0 aromatic heterocycles. The van der Waals surface area contributed by atoms with Crippen molar-refractivity contribution in [1.29, 1.82) is 0 Å². The summed E-state index contributed by atoms with van der Waals surface area (Å²) in [5.74, 6) is -0.464. The molecule has 0 saturated carbocycles. The Kier molecular flexibility index (Phi) is 3.98. The molecule has 0 fully saturated rings. The molecule has 0 saturated heterocycles. The van der Waals surface area contributed by atoms with E-state index in [0.29, 0.717) is 21.4 Å². The fourth-order valence-corrected chi connectivity index (χ4v) is 2.22. The normalized spacial score (nSPS) is 10.3. The van der Waals surface area contributed by atoms with Crippen LogP contribution < -0.4 is 4.74 Å². The predicted octanol–water partition coefficient (Wildman–Crippen LogP) is 4.37. The summed E-state index contributed by atoms with van der Waals surface area (Å²) in [5.41, 5.74) is 1.60. The Morgan fingerprint density at radius 2 is 1.84 bits per heavy atom. The van der Waals surface area contributed by atoms with Gasteiger partial charge in [-0.1, -0.05) is 29.3 Å². The first-order valence-corrected chi connectivity index (χ1v) is 6.14. The van der Waals surface area contributed by atoms with Crippen molar-refractivity contribution in [1.82, 2.24) is 0 Å². The fourth-order valence-electron chi connectivity index (χ4n) is 1.73. The van der Waals surface area contributed by atoms with Crippen molar-refractivity contribution in [3.63, 3.8) is 0 Å². The van der Waals surface area contributed by atoms with Crippen molar-refractivity contribution in [2.75, 3.05) is 7.11 Å². The lowest BCUT2D eigenvalue weighted by Gasteiger charge is -2.08. The Bertz CT molecular complexity index is 639. The van der Waals surface area contributed by atoms with Gasteiger partial charge in [0.1, 0.15) is 5.75 Å². The molecule has 0 unspecified atom stereocenters. The Balaban J connectivity index is 2.52. The minimum Gasteiger partial charge on any atom is -0.495 e. The number of ether oxygens (including phenoxy) is 1. The van der Waals surface area contributed by atoms with Crippen LogP contribution in [0, 0.1) is 0 Å². The second-order valence-corrected chi connectivity index (χ2v) is 4.73. The predicted molar refractivity (Wildman–Crippen MR) is 75.4 cm³/mol. The Morgan fingerprint density at radius 1 is 1.11 bits per heavy atom. The van der Waals surface area contributed by atoms with Crippen molar-refractivity contribution < 1.29 is 14.6 Å². The summed E-state index contributed by atoms with van der Waals surface area (Å²) in [5, 5.41) is 9.83. The molecular weight excluding hydrogens is 287 g/mol. The van der Waals surface area contributed by atoms with E-state index in [1.165, 1.54) is 13.2 Å². The molecule has 0 aliphatic heterocycles. The van der Waals surface area contributed by atoms with Crippen molar-refractivity contribution in [2.45, 2.75) is 0 Å². The molecule has 0 bridgehead atoms. The summed E-state index contributed by atoms with van der Waals surface area (Å²) < 4.78 is 5.07. The van der Waals surface area contributed by atoms with Crippen LogP contribution in [0.1, 0.15) is 10.4 Å². The molecule has 98 valence electrons. The molecule has 0 aliphatic rings. The molecule has 0 spiro atoms. The van der Waals surface area contributed by atoms with Crippen LogP contribution >= 0.6 is 23.2 Å². The highest BCUT2D eigenvalue weighted by Gasteiger charge is 2.09.